The van der Waals surface area contributed by atoms with Crippen molar-refractivity contribution in [2.45, 2.75) is 12.5 Å². The summed E-state index contributed by atoms with van der Waals surface area (Å²) >= 11 is 1.05. The van der Waals surface area contributed by atoms with Crippen molar-refractivity contribution in [1.29, 1.82) is 0 Å². The molecule has 0 aliphatic carbocycles. The van der Waals surface area contributed by atoms with E-state index in [1.807, 2.05) is 0 Å². The van der Waals surface area contributed by atoms with Gasteiger partial charge in [0.15, 0.2) is 0 Å². The lowest BCUT2D eigenvalue weighted by atomic mass is 10.4. The van der Waals surface area contributed by atoms with Crippen LogP contribution in [0.1, 0.15) is 0 Å². The highest BCUT2D eigenvalue weighted by atomic mass is 32.1. The molecule has 0 fully saturated rings. The van der Waals surface area contributed by atoms with Crippen LogP contribution in [0.2, 0.25) is 0 Å². The highest BCUT2D eigenvalue weighted by Gasteiger charge is 2.16. The molecule has 0 radical (unpaired) electrons. The average Bonchev–Trinajstić information content (AvgIpc) is 2.51. The molecule has 12 heavy (non-hydrogen) atoms. The Kier molecular flexibility index (Phi) is 3.30. The monoisotopic (exact) mass is 195 g/mol. The SMILES string of the molecule is OC(CNc1ncns1)C(F)F. The summed E-state index contributed by atoms with van der Waals surface area (Å²) in [5.41, 5.74) is 0. The van der Waals surface area contributed by atoms with Crippen LogP contribution in [-0.4, -0.2) is 33.5 Å². The molecule has 4 nitrogen and oxygen atoms in total. The Bertz CT molecular complexity index is 218. The second-order valence-corrected chi connectivity index (χ2v) is 2.81. The van der Waals surface area contributed by atoms with Crippen molar-refractivity contribution < 1.29 is 13.9 Å². The molecule has 1 unspecified atom stereocenters. The fourth-order valence-electron chi connectivity index (χ4n) is 0.532. The highest BCUT2D eigenvalue weighted by Crippen LogP contribution is 2.07. The van der Waals surface area contributed by atoms with Gasteiger partial charge in [-0.25, -0.2) is 13.8 Å². The van der Waals surface area contributed by atoms with Crippen LogP contribution in [0.5, 0.6) is 0 Å². The number of hydrogen-bond acceptors (Lipinski definition) is 5. The van der Waals surface area contributed by atoms with Gasteiger partial charge in [-0.05, 0) is 0 Å². The van der Waals surface area contributed by atoms with Crippen molar-refractivity contribution in [2.24, 2.45) is 0 Å². The predicted octanol–water partition coefficient (Wildman–Crippen LogP) is 0.576. The van der Waals surface area contributed by atoms with Gasteiger partial charge in [0.05, 0.1) is 0 Å². The first-order valence-electron chi connectivity index (χ1n) is 3.17. The predicted molar refractivity (Wildman–Crippen MR) is 40.4 cm³/mol. The van der Waals surface area contributed by atoms with Crippen molar-refractivity contribution in [2.75, 3.05) is 11.9 Å². The number of halogens is 2. The topological polar surface area (TPSA) is 58.0 Å². The fraction of sp³-hybridized carbons (Fsp3) is 0.600. The van der Waals surface area contributed by atoms with Crippen molar-refractivity contribution in [3.8, 4) is 0 Å². The Hall–Kier alpha value is -0.820. The zero-order chi connectivity index (χ0) is 8.97. The lowest BCUT2D eigenvalue weighted by Crippen LogP contribution is -2.26. The maximum Gasteiger partial charge on any atom is 0.265 e. The average molecular weight is 195 g/mol. The molecule has 1 rings (SSSR count). The number of hydrogen-bond donors (Lipinski definition) is 2. The number of alkyl halides is 2. The molecule has 0 aliphatic rings. The van der Waals surface area contributed by atoms with Crippen LogP contribution in [0.15, 0.2) is 6.33 Å². The standard InChI is InChI=1S/C5H7F2N3OS/c6-4(7)3(11)1-8-5-9-2-10-12-5/h2-4,11H,1H2,(H,8,9,10). The van der Waals surface area contributed by atoms with E-state index in [1.54, 1.807) is 0 Å². The third-order valence-corrected chi connectivity index (χ3v) is 1.74. The Morgan fingerprint density at radius 2 is 2.42 bits per heavy atom. The van der Waals surface area contributed by atoms with E-state index in [-0.39, 0.29) is 6.54 Å². The number of aliphatic hydroxyl groups excluding tert-OH is 1. The maximum absolute atomic E-state index is 11.7. The molecule has 0 spiro atoms. The Morgan fingerprint density at radius 1 is 1.67 bits per heavy atom. The molecular weight excluding hydrogens is 188 g/mol. The van der Waals surface area contributed by atoms with Gasteiger partial charge in [-0.1, -0.05) is 0 Å². The smallest absolute Gasteiger partial charge is 0.265 e. The molecular formula is C5H7F2N3OS. The first kappa shape index (κ1) is 9.27. The molecule has 7 heteroatoms. The molecule has 68 valence electrons. The van der Waals surface area contributed by atoms with Crippen LogP contribution in [0.25, 0.3) is 0 Å². The largest absolute Gasteiger partial charge is 0.385 e. The van der Waals surface area contributed by atoms with E-state index < -0.39 is 12.5 Å². The molecule has 1 aromatic heterocycles. The highest BCUT2D eigenvalue weighted by molar-refractivity contribution is 7.09. The molecule has 0 saturated heterocycles. The van der Waals surface area contributed by atoms with Gasteiger partial charge in [0, 0.05) is 18.1 Å². The summed E-state index contributed by atoms with van der Waals surface area (Å²) in [4.78, 5) is 3.69. The molecule has 0 bridgehead atoms. The van der Waals surface area contributed by atoms with Crippen LogP contribution in [0.4, 0.5) is 13.9 Å². The molecule has 2 N–H and O–H groups in total. The summed E-state index contributed by atoms with van der Waals surface area (Å²) < 4.78 is 27.1. The summed E-state index contributed by atoms with van der Waals surface area (Å²) in [5, 5.41) is 11.6. The van der Waals surface area contributed by atoms with E-state index in [0.717, 1.165) is 11.5 Å². The fourth-order valence-corrected chi connectivity index (χ4v) is 0.968. The Balaban J connectivity index is 2.27. The summed E-state index contributed by atoms with van der Waals surface area (Å²) in [6.45, 7) is -0.215. The Morgan fingerprint density at radius 3 is 2.92 bits per heavy atom. The maximum atomic E-state index is 11.7. The molecule has 1 atom stereocenters. The molecule has 0 amide bonds. The van der Waals surface area contributed by atoms with Crippen molar-refractivity contribution in [3.63, 3.8) is 0 Å². The molecule has 0 aliphatic heterocycles. The number of rotatable bonds is 4. The van der Waals surface area contributed by atoms with Gasteiger partial charge < -0.3 is 10.4 Å². The quantitative estimate of drug-likeness (QED) is 0.737. The minimum absolute atomic E-state index is 0.215. The second-order valence-electron chi connectivity index (χ2n) is 2.03. The van der Waals surface area contributed by atoms with Gasteiger partial charge in [-0.15, -0.1) is 0 Å². The molecule has 0 saturated carbocycles. The number of nitrogens with zero attached hydrogens (tertiary/aromatic N) is 2. The second kappa shape index (κ2) is 4.27. The normalized spacial score (nSPS) is 13.3. The van der Waals surface area contributed by atoms with E-state index in [0.29, 0.717) is 5.13 Å². The third kappa shape index (κ3) is 2.67. The first-order valence-corrected chi connectivity index (χ1v) is 3.94. The summed E-state index contributed by atoms with van der Waals surface area (Å²) in [6, 6.07) is 0. The van der Waals surface area contributed by atoms with Gasteiger partial charge in [0.1, 0.15) is 12.4 Å². The molecule has 1 aromatic rings. The van der Waals surface area contributed by atoms with Crippen LogP contribution in [0, 0.1) is 0 Å². The number of aromatic nitrogens is 2. The van der Waals surface area contributed by atoms with Crippen molar-refractivity contribution >= 4 is 16.7 Å². The van der Waals surface area contributed by atoms with Crippen LogP contribution in [-0.2, 0) is 0 Å². The Labute approximate surface area is 71.4 Å². The van der Waals surface area contributed by atoms with Crippen LogP contribution in [0.3, 0.4) is 0 Å². The number of aliphatic hydroxyl groups is 1. The number of nitrogens with one attached hydrogen (secondary N) is 1. The lowest BCUT2D eigenvalue weighted by molar-refractivity contribution is 0.00384. The van der Waals surface area contributed by atoms with Crippen LogP contribution < -0.4 is 5.32 Å². The zero-order valence-electron chi connectivity index (χ0n) is 5.94. The van der Waals surface area contributed by atoms with Gasteiger partial charge in [0.25, 0.3) is 6.43 Å². The van der Waals surface area contributed by atoms with Gasteiger partial charge in [-0.2, -0.15) is 4.37 Å². The molecule has 0 aromatic carbocycles. The van der Waals surface area contributed by atoms with Crippen molar-refractivity contribution in [3.05, 3.63) is 6.33 Å². The first-order chi connectivity index (χ1) is 5.70. The van der Waals surface area contributed by atoms with E-state index in [4.69, 9.17) is 5.11 Å². The van der Waals surface area contributed by atoms with E-state index in [2.05, 4.69) is 14.7 Å². The zero-order valence-corrected chi connectivity index (χ0v) is 6.76. The summed E-state index contributed by atoms with van der Waals surface area (Å²) in [5.74, 6) is 0. The lowest BCUT2D eigenvalue weighted by Gasteiger charge is -2.08. The summed E-state index contributed by atoms with van der Waals surface area (Å²) in [6.07, 6.45) is -3.08. The minimum Gasteiger partial charge on any atom is -0.385 e. The summed E-state index contributed by atoms with van der Waals surface area (Å²) in [7, 11) is 0. The van der Waals surface area contributed by atoms with E-state index in [9.17, 15) is 8.78 Å². The van der Waals surface area contributed by atoms with Crippen molar-refractivity contribution in [1.82, 2.24) is 9.36 Å². The van der Waals surface area contributed by atoms with Gasteiger partial charge in [-0.3, -0.25) is 0 Å². The third-order valence-electron chi connectivity index (χ3n) is 1.11. The van der Waals surface area contributed by atoms with Gasteiger partial charge in [0.2, 0.25) is 5.13 Å². The van der Waals surface area contributed by atoms with E-state index >= 15 is 0 Å². The van der Waals surface area contributed by atoms with Crippen LogP contribution >= 0.6 is 11.5 Å². The molecule has 1 heterocycles. The number of anilines is 1. The minimum atomic E-state index is -2.73. The van der Waals surface area contributed by atoms with Gasteiger partial charge >= 0.3 is 0 Å². The van der Waals surface area contributed by atoms with E-state index in [1.165, 1.54) is 6.33 Å².